The third kappa shape index (κ3) is 8.13. The molecule has 2 heterocycles. The molecule has 1 aliphatic carbocycles. The number of rotatable bonds is 9. The van der Waals surface area contributed by atoms with Gasteiger partial charge in [0.15, 0.2) is 34.6 Å². The van der Waals surface area contributed by atoms with Crippen molar-refractivity contribution < 1.29 is 26.7 Å². The second-order valence-electron chi connectivity index (χ2n) is 13.9. The first-order valence-electron chi connectivity index (χ1n) is 16.5. The maximum Gasteiger partial charge on any atom is 0.200 e. The Labute approximate surface area is 304 Å². The van der Waals surface area contributed by atoms with E-state index >= 15 is 0 Å². The molecule has 2 aliphatic rings. The Balaban J connectivity index is 1.25. The molecule has 5 rings (SSSR count). The Kier molecular flexibility index (Phi) is 10.9. The number of benzene rings is 2. The largest absolute Gasteiger partial charge is 0.480 e. The van der Waals surface area contributed by atoms with Crippen LogP contribution in [0.2, 0.25) is 0 Å². The molecular weight excluding hydrogens is 689 g/mol. The Hall–Kier alpha value is -6.26. The average Bonchev–Trinajstić information content (AvgIpc) is 3.69. The fourth-order valence-electron chi connectivity index (χ4n) is 6.25. The van der Waals surface area contributed by atoms with E-state index in [0.29, 0.717) is 12.1 Å². The van der Waals surface area contributed by atoms with Gasteiger partial charge >= 0.3 is 0 Å². The molecule has 1 aliphatic heterocycles. The van der Waals surface area contributed by atoms with Gasteiger partial charge in [0.25, 0.3) is 0 Å². The van der Waals surface area contributed by atoms with Crippen molar-refractivity contribution >= 4 is 11.8 Å². The molecule has 0 amide bonds. The molecule has 2 aromatic carbocycles. The van der Waals surface area contributed by atoms with Crippen molar-refractivity contribution in [1.82, 2.24) is 15.0 Å². The van der Waals surface area contributed by atoms with Crippen molar-refractivity contribution in [2.75, 3.05) is 18.5 Å². The number of nitriles is 3. The van der Waals surface area contributed by atoms with Gasteiger partial charge in [0.2, 0.25) is 5.82 Å². The Morgan fingerprint density at radius 1 is 0.906 bits per heavy atom. The summed E-state index contributed by atoms with van der Waals surface area (Å²) in [6, 6.07) is 13.5. The number of likely N-dealkylation sites (N-methyl/N-ethyl adjacent to an activating group) is 1. The molecule has 270 valence electrons. The molecule has 1 aromatic heterocycles. The normalized spacial score (nSPS) is 17.2. The van der Waals surface area contributed by atoms with Gasteiger partial charge < -0.3 is 9.64 Å². The Morgan fingerprint density at radius 2 is 1.55 bits per heavy atom. The van der Waals surface area contributed by atoms with Gasteiger partial charge in [-0.3, -0.25) is 4.68 Å². The molecule has 0 N–H and O–H groups in total. The first-order valence-corrected chi connectivity index (χ1v) is 16.5. The summed E-state index contributed by atoms with van der Waals surface area (Å²) in [5, 5.41) is 35.8. The fraction of sp³-hybridized carbons (Fsp3) is 0.275. The number of halogens is 5. The van der Waals surface area contributed by atoms with Gasteiger partial charge in [0.1, 0.15) is 35.1 Å². The molecule has 0 unspecified atom stereocenters. The lowest BCUT2D eigenvalue weighted by Gasteiger charge is -2.30. The van der Waals surface area contributed by atoms with E-state index in [2.05, 4.69) is 42.4 Å². The molecule has 0 saturated carbocycles. The standard InChI is InChI=1S/C40H34F5N7O/c1-39(2)18-25(7-6-8-30-29(22-48)38(27(20-46)21-47)53-40(30,3)4)17-26(19-39)10-9-24-11-13-28(14-12-24)51(5)15-16-52-23-31(49-50-52)32-33(41)35(43)37(45)36(44)34(32)42/h6-14,17,23H,15-16,18-19H2,1-5H3. The third-order valence-electron chi connectivity index (χ3n) is 8.87. The van der Waals surface area contributed by atoms with Crippen LogP contribution in [0.15, 0.2) is 94.5 Å². The number of anilines is 1. The van der Waals surface area contributed by atoms with Gasteiger partial charge in [0.05, 0.1) is 18.3 Å². The van der Waals surface area contributed by atoms with Crippen LogP contribution in [0.4, 0.5) is 27.6 Å². The lowest BCUT2D eigenvalue weighted by Crippen LogP contribution is -2.22. The predicted molar refractivity (Wildman–Crippen MR) is 188 cm³/mol. The quantitative estimate of drug-likeness (QED) is 0.0937. The van der Waals surface area contributed by atoms with E-state index in [-0.39, 0.29) is 28.9 Å². The minimum Gasteiger partial charge on any atom is -0.480 e. The van der Waals surface area contributed by atoms with Crippen molar-refractivity contribution in [3.8, 4) is 29.5 Å². The van der Waals surface area contributed by atoms with E-state index in [1.807, 2.05) is 54.4 Å². The minimum absolute atomic E-state index is 0.00226. The molecule has 3 aromatic rings. The zero-order valence-corrected chi connectivity index (χ0v) is 29.6. The molecule has 0 radical (unpaired) electrons. The van der Waals surface area contributed by atoms with Crippen LogP contribution in [0.25, 0.3) is 17.3 Å². The molecule has 0 fully saturated rings. The maximum atomic E-state index is 14.2. The van der Waals surface area contributed by atoms with Crippen LogP contribution < -0.4 is 4.90 Å². The summed E-state index contributed by atoms with van der Waals surface area (Å²) in [5.74, 6) is -10.3. The summed E-state index contributed by atoms with van der Waals surface area (Å²) < 4.78 is 76.3. The van der Waals surface area contributed by atoms with Crippen LogP contribution in [0.5, 0.6) is 0 Å². The second kappa shape index (κ2) is 15.1. The highest BCUT2D eigenvalue weighted by Crippen LogP contribution is 2.41. The van der Waals surface area contributed by atoms with E-state index in [9.17, 15) is 37.7 Å². The highest BCUT2D eigenvalue weighted by Gasteiger charge is 2.38. The van der Waals surface area contributed by atoms with Crippen LogP contribution in [-0.4, -0.2) is 34.2 Å². The lowest BCUT2D eigenvalue weighted by molar-refractivity contribution is 0.0954. The number of allylic oxidation sites excluding steroid dienone is 8. The molecule has 8 nitrogen and oxygen atoms in total. The molecule has 0 saturated heterocycles. The van der Waals surface area contributed by atoms with Crippen molar-refractivity contribution in [3.63, 3.8) is 0 Å². The monoisotopic (exact) mass is 723 g/mol. The summed E-state index contributed by atoms with van der Waals surface area (Å²) in [6.07, 6.45) is 14.7. The number of ether oxygens (including phenoxy) is 1. The zero-order chi connectivity index (χ0) is 38.7. The van der Waals surface area contributed by atoms with Crippen LogP contribution in [0.3, 0.4) is 0 Å². The van der Waals surface area contributed by atoms with Crippen LogP contribution in [0, 0.1) is 68.5 Å². The molecule has 0 atom stereocenters. The average molecular weight is 724 g/mol. The van der Waals surface area contributed by atoms with Gasteiger partial charge in [-0.25, -0.2) is 22.0 Å². The number of hydrogen-bond acceptors (Lipinski definition) is 7. The molecule has 13 heteroatoms. The topological polar surface area (TPSA) is 115 Å². The lowest BCUT2D eigenvalue weighted by atomic mass is 9.75. The summed E-state index contributed by atoms with van der Waals surface area (Å²) >= 11 is 0. The van der Waals surface area contributed by atoms with Crippen molar-refractivity contribution in [1.29, 1.82) is 15.8 Å². The van der Waals surface area contributed by atoms with Gasteiger partial charge in [-0.15, -0.1) is 5.10 Å². The van der Waals surface area contributed by atoms with Gasteiger partial charge in [0, 0.05) is 24.9 Å². The predicted octanol–water partition coefficient (Wildman–Crippen LogP) is 8.95. The summed E-state index contributed by atoms with van der Waals surface area (Å²) in [4.78, 5) is 1.92. The Morgan fingerprint density at radius 3 is 2.17 bits per heavy atom. The number of nitrogens with zero attached hydrogens (tertiary/aromatic N) is 7. The smallest absolute Gasteiger partial charge is 0.200 e. The zero-order valence-electron chi connectivity index (χ0n) is 29.6. The SMILES string of the molecule is CN(CCn1cc(-c2c(F)c(F)c(F)c(F)c2F)nn1)c1ccc(C=CC2=CC(=CC=CC3=C(C#N)C(=C(C#N)C#N)OC3(C)C)CC(C)(C)C2)cc1. The van der Waals surface area contributed by atoms with E-state index in [1.54, 1.807) is 32.1 Å². The number of aromatic nitrogens is 3. The van der Waals surface area contributed by atoms with E-state index in [4.69, 9.17) is 4.74 Å². The van der Waals surface area contributed by atoms with Crippen LogP contribution in [0.1, 0.15) is 46.1 Å². The highest BCUT2D eigenvalue weighted by atomic mass is 19.2. The third-order valence-corrected chi connectivity index (χ3v) is 8.87. The van der Waals surface area contributed by atoms with Gasteiger partial charge in [-0.2, -0.15) is 15.8 Å². The van der Waals surface area contributed by atoms with E-state index in [1.165, 1.54) is 4.68 Å². The summed E-state index contributed by atoms with van der Waals surface area (Å²) in [6.45, 7) is 8.58. The van der Waals surface area contributed by atoms with Crippen LogP contribution in [-0.2, 0) is 11.3 Å². The minimum atomic E-state index is -2.24. The molecule has 53 heavy (non-hydrogen) atoms. The molecular formula is C40H34F5N7O. The van der Waals surface area contributed by atoms with E-state index < -0.39 is 45.9 Å². The molecule has 0 bridgehead atoms. The highest BCUT2D eigenvalue weighted by molar-refractivity contribution is 5.62. The van der Waals surface area contributed by atoms with Crippen molar-refractivity contribution in [3.05, 3.63) is 129 Å². The van der Waals surface area contributed by atoms with Crippen molar-refractivity contribution in [2.45, 2.75) is 52.7 Å². The maximum absolute atomic E-state index is 14.2. The first-order chi connectivity index (χ1) is 25.1. The Bertz CT molecular complexity index is 2230. The summed E-state index contributed by atoms with van der Waals surface area (Å²) in [7, 11) is 1.84. The van der Waals surface area contributed by atoms with Gasteiger partial charge in [-0.1, -0.05) is 67.6 Å². The van der Waals surface area contributed by atoms with E-state index in [0.717, 1.165) is 41.4 Å². The number of hydrogen-bond donors (Lipinski definition) is 0. The van der Waals surface area contributed by atoms with Crippen LogP contribution >= 0.6 is 0 Å². The first kappa shape index (κ1) is 38.0. The summed E-state index contributed by atoms with van der Waals surface area (Å²) in [5.41, 5.74) is 2.10. The van der Waals surface area contributed by atoms with Crippen molar-refractivity contribution in [2.24, 2.45) is 5.41 Å². The second-order valence-corrected chi connectivity index (χ2v) is 13.9. The van der Waals surface area contributed by atoms with Gasteiger partial charge in [-0.05, 0) is 60.9 Å². The molecule has 0 spiro atoms. The fourth-order valence-corrected chi connectivity index (χ4v) is 6.25.